The van der Waals surface area contributed by atoms with Crippen LogP contribution in [-0.2, 0) is 9.53 Å². The normalized spacial score (nSPS) is 15.7. The van der Waals surface area contributed by atoms with Crippen LogP contribution in [0.5, 0.6) is 0 Å². The Balaban J connectivity index is 1.77. The van der Waals surface area contributed by atoms with E-state index in [9.17, 15) is 9.59 Å². The lowest BCUT2D eigenvalue weighted by molar-refractivity contribution is -0.129. The number of nitrogens with one attached hydrogen (secondary N) is 1. The molecule has 1 heterocycles. The second kappa shape index (κ2) is 8.29. The Bertz CT molecular complexity index is 603. The summed E-state index contributed by atoms with van der Waals surface area (Å²) in [5.41, 5.74) is 1.98. The Hall–Kier alpha value is -1.62. The quantitative estimate of drug-likeness (QED) is 0.633. The van der Waals surface area contributed by atoms with E-state index in [1.54, 1.807) is 18.3 Å². The highest BCUT2D eigenvalue weighted by atomic mass is 32.1. The number of thiophene rings is 1. The summed E-state index contributed by atoms with van der Waals surface area (Å²) in [5.74, 6) is -0.663. The number of allylic oxidation sites excluding steroid dienone is 1. The van der Waals surface area contributed by atoms with Gasteiger partial charge in [-0.25, -0.2) is 4.79 Å². The molecule has 1 amide bonds. The van der Waals surface area contributed by atoms with E-state index in [1.807, 2.05) is 19.9 Å². The molecule has 1 aliphatic carbocycles. The first kappa shape index (κ1) is 17.7. The fourth-order valence-corrected chi connectivity index (χ4v) is 3.64. The van der Waals surface area contributed by atoms with Crippen LogP contribution < -0.4 is 5.32 Å². The van der Waals surface area contributed by atoms with Gasteiger partial charge in [0.25, 0.3) is 5.91 Å². The summed E-state index contributed by atoms with van der Waals surface area (Å²) in [7, 11) is 0. The number of esters is 1. The third-order valence-corrected chi connectivity index (χ3v) is 5.01. The lowest BCUT2D eigenvalue weighted by Crippen LogP contribution is -2.36. The highest BCUT2D eigenvalue weighted by Crippen LogP contribution is 2.22. The maximum absolute atomic E-state index is 12.1. The van der Waals surface area contributed by atoms with Crippen LogP contribution in [0.1, 0.15) is 59.1 Å². The van der Waals surface area contributed by atoms with Crippen molar-refractivity contribution in [2.24, 2.45) is 0 Å². The molecular weight excluding hydrogens is 310 g/mol. The number of amides is 1. The van der Waals surface area contributed by atoms with Gasteiger partial charge in [0.1, 0.15) is 0 Å². The first-order chi connectivity index (χ1) is 11.0. The van der Waals surface area contributed by atoms with Crippen molar-refractivity contribution < 1.29 is 14.3 Å². The predicted molar refractivity (Wildman–Crippen MR) is 92.8 cm³/mol. The van der Waals surface area contributed by atoms with Crippen molar-refractivity contribution in [3.05, 3.63) is 33.0 Å². The molecule has 0 bridgehead atoms. The van der Waals surface area contributed by atoms with Gasteiger partial charge in [-0.05, 0) is 58.9 Å². The summed E-state index contributed by atoms with van der Waals surface area (Å²) in [5, 5.41) is 2.85. The SMILES string of the molecule is Cc1cc(C(=O)O[C@@H](C)C(=O)NCCC2=CCCCC2)c(C)s1. The zero-order chi connectivity index (χ0) is 16.8. The van der Waals surface area contributed by atoms with Gasteiger partial charge in [0.2, 0.25) is 0 Å². The van der Waals surface area contributed by atoms with Crippen molar-refractivity contribution in [1.29, 1.82) is 0 Å². The molecule has 1 aromatic heterocycles. The summed E-state index contributed by atoms with van der Waals surface area (Å²) in [6, 6.07) is 1.81. The lowest BCUT2D eigenvalue weighted by atomic mass is 9.97. The molecule has 0 unspecified atom stereocenters. The standard InChI is InChI=1S/C18H25NO3S/c1-12-11-16(14(3)23-12)18(21)22-13(2)17(20)19-10-9-15-7-5-4-6-8-15/h7,11,13H,4-6,8-10H2,1-3H3,(H,19,20)/t13-/m0/s1. The summed E-state index contributed by atoms with van der Waals surface area (Å²) in [6.07, 6.45) is 7.18. The predicted octanol–water partition coefficient (Wildman–Crippen LogP) is 3.92. The van der Waals surface area contributed by atoms with Gasteiger partial charge in [0.05, 0.1) is 5.56 Å². The number of rotatable bonds is 6. The van der Waals surface area contributed by atoms with E-state index < -0.39 is 12.1 Å². The number of ether oxygens (including phenoxy) is 1. The summed E-state index contributed by atoms with van der Waals surface area (Å²) >= 11 is 1.56. The topological polar surface area (TPSA) is 55.4 Å². The molecular formula is C18H25NO3S. The van der Waals surface area contributed by atoms with Gasteiger partial charge in [0.15, 0.2) is 6.10 Å². The minimum absolute atomic E-state index is 0.237. The average molecular weight is 335 g/mol. The average Bonchev–Trinajstić information content (AvgIpc) is 2.87. The Morgan fingerprint density at radius 2 is 2.13 bits per heavy atom. The largest absolute Gasteiger partial charge is 0.449 e. The summed E-state index contributed by atoms with van der Waals surface area (Å²) in [6.45, 7) is 6.05. The molecule has 2 rings (SSSR count). The molecule has 5 heteroatoms. The fourth-order valence-electron chi connectivity index (χ4n) is 2.73. The van der Waals surface area contributed by atoms with Crippen molar-refractivity contribution in [3.63, 3.8) is 0 Å². The summed E-state index contributed by atoms with van der Waals surface area (Å²) in [4.78, 5) is 26.1. The van der Waals surface area contributed by atoms with Crippen molar-refractivity contribution in [2.45, 2.75) is 59.0 Å². The molecule has 1 atom stereocenters. The first-order valence-electron chi connectivity index (χ1n) is 8.21. The van der Waals surface area contributed by atoms with E-state index in [1.165, 1.54) is 18.4 Å². The van der Waals surface area contributed by atoms with Crippen molar-refractivity contribution >= 4 is 23.2 Å². The van der Waals surface area contributed by atoms with Crippen LogP contribution in [0, 0.1) is 13.8 Å². The minimum Gasteiger partial charge on any atom is -0.449 e. The van der Waals surface area contributed by atoms with Gasteiger partial charge in [-0.2, -0.15) is 0 Å². The van der Waals surface area contributed by atoms with E-state index in [4.69, 9.17) is 4.74 Å². The third kappa shape index (κ3) is 5.20. The minimum atomic E-state index is -0.776. The van der Waals surface area contributed by atoms with Crippen molar-refractivity contribution in [2.75, 3.05) is 6.54 Å². The van der Waals surface area contributed by atoms with Gasteiger partial charge in [0, 0.05) is 16.3 Å². The second-order valence-corrected chi connectivity index (χ2v) is 7.48. The fraction of sp³-hybridized carbons (Fsp3) is 0.556. The van der Waals surface area contributed by atoms with Crippen LogP contribution in [-0.4, -0.2) is 24.5 Å². The Kier molecular flexibility index (Phi) is 6.39. The zero-order valence-corrected chi connectivity index (χ0v) is 14.9. The molecule has 0 saturated carbocycles. The van der Waals surface area contributed by atoms with Gasteiger partial charge >= 0.3 is 5.97 Å². The van der Waals surface area contributed by atoms with Crippen LogP contribution in [0.15, 0.2) is 17.7 Å². The monoisotopic (exact) mass is 335 g/mol. The molecule has 1 aliphatic rings. The van der Waals surface area contributed by atoms with E-state index in [0.29, 0.717) is 12.1 Å². The molecule has 1 N–H and O–H groups in total. The molecule has 0 aliphatic heterocycles. The van der Waals surface area contributed by atoms with Crippen LogP contribution in [0.25, 0.3) is 0 Å². The molecule has 0 radical (unpaired) electrons. The molecule has 0 aromatic carbocycles. The van der Waals surface area contributed by atoms with Gasteiger partial charge < -0.3 is 10.1 Å². The van der Waals surface area contributed by atoms with E-state index >= 15 is 0 Å². The van der Waals surface area contributed by atoms with E-state index in [-0.39, 0.29) is 5.91 Å². The molecule has 4 nitrogen and oxygen atoms in total. The van der Waals surface area contributed by atoms with E-state index in [0.717, 1.165) is 29.0 Å². The lowest BCUT2D eigenvalue weighted by Gasteiger charge is -2.15. The second-order valence-electron chi connectivity index (χ2n) is 6.02. The highest BCUT2D eigenvalue weighted by Gasteiger charge is 2.21. The molecule has 126 valence electrons. The van der Waals surface area contributed by atoms with Crippen LogP contribution in [0.3, 0.4) is 0 Å². The maximum Gasteiger partial charge on any atom is 0.340 e. The number of hydrogen-bond acceptors (Lipinski definition) is 4. The van der Waals surface area contributed by atoms with Gasteiger partial charge in [-0.1, -0.05) is 11.6 Å². The Labute approximate surface area is 141 Å². The Morgan fingerprint density at radius 3 is 2.74 bits per heavy atom. The van der Waals surface area contributed by atoms with Crippen LogP contribution in [0.4, 0.5) is 0 Å². The Morgan fingerprint density at radius 1 is 1.35 bits per heavy atom. The molecule has 1 aromatic rings. The van der Waals surface area contributed by atoms with Crippen LogP contribution >= 0.6 is 11.3 Å². The van der Waals surface area contributed by atoms with Crippen molar-refractivity contribution in [1.82, 2.24) is 5.32 Å². The molecule has 0 spiro atoms. The maximum atomic E-state index is 12.1. The highest BCUT2D eigenvalue weighted by molar-refractivity contribution is 7.12. The van der Waals surface area contributed by atoms with Crippen LogP contribution in [0.2, 0.25) is 0 Å². The number of carbonyl (C=O) groups excluding carboxylic acids is 2. The number of hydrogen-bond donors (Lipinski definition) is 1. The number of aryl methyl sites for hydroxylation is 2. The third-order valence-electron chi connectivity index (χ3n) is 4.04. The smallest absolute Gasteiger partial charge is 0.340 e. The van der Waals surface area contributed by atoms with E-state index in [2.05, 4.69) is 11.4 Å². The number of carbonyl (C=O) groups is 2. The molecule has 0 fully saturated rings. The summed E-state index contributed by atoms with van der Waals surface area (Å²) < 4.78 is 5.28. The zero-order valence-electron chi connectivity index (χ0n) is 14.1. The van der Waals surface area contributed by atoms with Gasteiger partial charge in [-0.15, -0.1) is 11.3 Å². The first-order valence-corrected chi connectivity index (χ1v) is 9.02. The van der Waals surface area contributed by atoms with Gasteiger partial charge in [-0.3, -0.25) is 4.79 Å². The molecule has 0 saturated heterocycles. The molecule has 23 heavy (non-hydrogen) atoms. The van der Waals surface area contributed by atoms with Crippen molar-refractivity contribution in [3.8, 4) is 0 Å².